The maximum absolute atomic E-state index is 12.7. The Hall–Kier alpha value is -2.41. The average Bonchev–Trinajstić information content (AvgIpc) is 2.68. The number of hydrogen-bond donors (Lipinski definition) is 1. The first-order chi connectivity index (χ1) is 12.5. The molecule has 0 amide bonds. The van der Waals surface area contributed by atoms with Gasteiger partial charge in [-0.05, 0) is 49.6 Å². The van der Waals surface area contributed by atoms with Gasteiger partial charge in [-0.1, -0.05) is 6.07 Å². The minimum Gasteiger partial charge on any atom is -0.493 e. The van der Waals surface area contributed by atoms with E-state index in [1.165, 1.54) is 45.6 Å². The van der Waals surface area contributed by atoms with Crippen LogP contribution >= 0.6 is 0 Å². The number of anilines is 2. The van der Waals surface area contributed by atoms with Crippen LogP contribution in [-0.4, -0.2) is 35.7 Å². The molecule has 1 aliphatic rings. The molecule has 2 aromatic carbocycles. The number of hydrogen-bond acceptors (Lipinski definition) is 5. The number of benzene rings is 2. The summed E-state index contributed by atoms with van der Waals surface area (Å²) in [5.74, 6) is 0.857. The van der Waals surface area contributed by atoms with E-state index < -0.39 is 10.0 Å². The molecule has 140 valence electrons. The molecule has 1 saturated heterocycles. The van der Waals surface area contributed by atoms with Crippen molar-refractivity contribution in [3.8, 4) is 11.5 Å². The molecule has 1 aliphatic heterocycles. The van der Waals surface area contributed by atoms with Gasteiger partial charge in [-0.25, -0.2) is 8.42 Å². The second-order valence-electron chi connectivity index (χ2n) is 6.22. The summed E-state index contributed by atoms with van der Waals surface area (Å²) in [6.07, 6.45) is 3.59. The van der Waals surface area contributed by atoms with Crippen molar-refractivity contribution in [2.45, 2.75) is 24.2 Å². The molecule has 0 aliphatic carbocycles. The maximum atomic E-state index is 12.7. The molecule has 0 atom stereocenters. The first-order valence-electron chi connectivity index (χ1n) is 8.63. The van der Waals surface area contributed by atoms with E-state index >= 15 is 0 Å². The summed E-state index contributed by atoms with van der Waals surface area (Å²) < 4.78 is 38.5. The quantitative estimate of drug-likeness (QED) is 0.836. The van der Waals surface area contributed by atoms with Gasteiger partial charge in [0.15, 0.2) is 11.5 Å². The van der Waals surface area contributed by atoms with E-state index in [9.17, 15) is 8.42 Å². The summed E-state index contributed by atoms with van der Waals surface area (Å²) in [7, 11) is -0.736. The summed E-state index contributed by atoms with van der Waals surface area (Å²) >= 11 is 0. The molecule has 0 radical (unpaired) electrons. The molecule has 0 saturated carbocycles. The van der Waals surface area contributed by atoms with Crippen LogP contribution in [0.3, 0.4) is 0 Å². The Morgan fingerprint density at radius 2 is 1.65 bits per heavy atom. The number of sulfonamides is 1. The Morgan fingerprint density at radius 3 is 2.35 bits per heavy atom. The molecule has 7 heteroatoms. The van der Waals surface area contributed by atoms with Gasteiger partial charge >= 0.3 is 0 Å². The lowest BCUT2D eigenvalue weighted by Crippen LogP contribution is -2.29. The smallest absolute Gasteiger partial charge is 0.262 e. The molecule has 2 aromatic rings. The highest BCUT2D eigenvalue weighted by Gasteiger charge is 2.18. The van der Waals surface area contributed by atoms with Gasteiger partial charge in [0.05, 0.1) is 24.8 Å². The standard InChI is InChI=1S/C19H24N2O4S/c1-24-18-10-9-17(14-19(18)25-2)26(22,23)20-15-7-6-8-16(13-15)21-11-4-3-5-12-21/h6-10,13-14,20H,3-5,11-12H2,1-2H3. The third kappa shape index (κ3) is 4.04. The lowest BCUT2D eigenvalue weighted by Gasteiger charge is -2.29. The minimum absolute atomic E-state index is 0.124. The highest BCUT2D eigenvalue weighted by molar-refractivity contribution is 7.92. The SMILES string of the molecule is COc1ccc(S(=O)(=O)Nc2cccc(N3CCCCC3)c2)cc1OC. The third-order valence-corrected chi connectivity index (χ3v) is 5.86. The van der Waals surface area contributed by atoms with Crippen LogP contribution in [0.2, 0.25) is 0 Å². The van der Waals surface area contributed by atoms with Gasteiger partial charge in [-0.3, -0.25) is 4.72 Å². The zero-order valence-electron chi connectivity index (χ0n) is 15.1. The number of ether oxygens (including phenoxy) is 2. The van der Waals surface area contributed by atoms with E-state index in [1.807, 2.05) is 18.2 Å². The molecule has 1 heterocycles. The largest absolute Gasteiger partial charge is 0.493 e. The monoisotopic (exact) mass is 376 g/mol. The maximum Gasteiger partial charge on any atom is 0.262 e. The molecule has 6 nitrogen and oxygen atoms in total. The van der Waals surface area contributed by atoms with Gasteiger partial charge < -0.3 is 14.4 Å². The zero-order chi connectivity index (χ0) is 18.6. The fourth-order valence-corrected chi connectivity index (χ4v) is 4.18. The van der Waals surface area contributed by atoms with Crippen LogP contribution in [0.4, 0.5) is 11.4 Å². The molecule has 1 fully saturated rings. The lowest BCUT2D eigenvalue weighted by atomic mass is 10.1. The fraction of sp³-hybridized carbons (Fsp3) is 0.368. The third-order valence-electron chi connectivity index (χ3n) is 4.48. The van der Waals surface area contributed by atoms with Crippen LogP contribution < -0.4 is 19.1 Å². The molecule has 0 unspecified atom stereocenters. The van der Waals surface area contributed by atoms with Gasteiger partial charge in [-0.15, -0.1) is 0 Å². The normalized spacial score (nSPS) is 14.8. The van der Waals surface area contributed by atoms with E-state index in [0.29, 0.717) is 17.2 Å². The first-order valence-corrected chi connectivity index (χ1v) is 10.1. The van der Waals surface area contributed by atoms with Crippen LogP contribution in [0.1, 0.15) is 19.3 Å². The number of rotatable bonds is 6. The lowest BCUT2D eigenvalue weighted by molar-refractivity contribution is 0.354. The summed E-state index contributed by atoms with van der Waals surface area (Å²) in [6.45, 7) is 2.01. The van der Waals surface area contributed by atoms with Crippen molar-refractivity contribution in [3.05, 3.63) is 42.5 Å². The van der Waals surface area contributed by atoms with Crippen molar-refractivity contribution in [3.63, 3.8) is 0 Å². The van der Waals surface area contributed by atoms with Gasteiger partial charge in [0, 0.05) is 24.8 Å². The highest BCUT2D eigenvalue weighted by atomic mass is 32.2. The Morgan fingerprint density at radius 1 is 0.923 bits per heavy atom. The van der Waals surface area contributed by atoms with Crippen molar-refractivity contribution in [2.24, 2.45) is 0 Å². The molecular weight excluding hydrogens is 352 g/mol. The van der Waals surface area contributed by atoms with Crippen LogP contribution in [0.15, 0.2) is 47.4 Å². The summed E-state index contributed by atoms with van der Waals surface area (Å²) in [4.78, 5) is 2.41. The summed E-state index contributed by atoms with van der Waals surface area (Å²) in [5, 5.41) is 0. The van der Waals surface area contributed by atoms with Gasteiger partial charge in [0.1, 0.15) is 0 Å². The van der Waals surface area contributed by atoms with Gasteiger partial charge in [0.2, 0.25) is 0 Å². The van der Waals surface area contributed by atoms with Crippen LogP contribution in [-0.2, 0) is 10.0 Å². The fourth-order valence-electron chi connectivity index (χ4n) is 3.12. The molecule has 0 aromatic heterocycles. The van der Waals surface area contributed by atoms with E-state index in [-0.39, 0.29) is 4.90 Å². The highest BCUT2D eigenvalue weighted by Crippen LogP contribution is 2.30. The minimum atomic E-state index is -3.72. The predicted octanol–water partition coefficient (Wildman–Crippen LogP) is 3.49. The summed E-state index contributed by atoms with van der Waals surface area (Å²) in [6, 6.07) is 12.1. The molecule has 3 rings (SSSR count). The number of nitrogens with zero attached hydrogens (tertiary/aromatic N) is 1. The van der Waals surface area contributed by atoms with Crippen LogP contribution in [0.25, 0.3) is 0 Å². The van der Waals surface area contributed by atoms with Crippen molar-refractivity contribution in [1.29, 1.82) is 0 Å². The van der Waals surface area contributed by atoms with Gasteiger partial charge in [0.25, 0.3) is 10.0 Å². The molecule has 1 N–H and O–H groups in total. The second-order valence-corrected chi connectivity index (χ2v) is 7.90. The molecule has 0 spiro atoms. The van der Waals surface area contributed by atoms with Crippen molar-refractivity contribution >= 4 is 21.4 Å². The van der Waals surface area contributed by atoms with Gasteiger partial charge in [-0.2, -0.15) is 0 Å². The van der Waals surface area contributed by atoms with Crippen LogP contribution in [0, 0.1) is 0 Å². The average molecular weight is 376 g/mol. The first kappa shape index (κ1) is 18.4. The van der Waals surface area contributed by atoms with Crippen LogP contribution in [0.5, 0.6) is 11.5 Å². The van der Waals surface area contributed by atoms with Crippen molar-refractivity contribution < 1.29 is 17.9 Å². The van der Waals surface area contributed by atoms with E-state index in [4.69, 9.17) is 9.47 Å². The van der Waals surface area contributed by atoms with Crippen molar-refractivity contribution in [2.75, 3.05) is 36.9 Å². The molecule has 26 heavy (non-hydrogen) atoms. The van der Waals surface area contributed by atoms with E-state index in [0.717, 1.165) is 18.8 Å². The van der Waals surface area contributed by atoms with E-state index in [1.54, 1.807) is 12.1 Å². The zero-order valence-corrected chi connectivity index (χ0v) is 15.9. The van der Waals surface area contributed by atoms with Crippen molar-refractivity contribution in [1.82, 2.24) is 0 Å². The number of piperidine rings is 1. The predicted molar refractivity (Wildman–Crippen MR) is 103 cm³/mol. The number of methoxy groups -OCH3 is 2. The Labute approximate surface area is 154 Å². The molecule has 0 bridgehead atoms. The topological polar surface area (TPSA) is 67.9 Å². The Balaban J connectivity index is 1.83. The number of nitrogens with one attached hydrogen (secondary N) is 1. The Bertz CT molecular complexity index is 862. The summed E-state index contributed by atoms with van der Waals surface area (Å²) in [5.41, 5.74) is 1.58. The van der Waals surface area contributed by atoms with E-state index in [2.05, 4.69) is 9.62 Å². The molecular formula is C19H24N2O4S. The second kappa shape index (κ2) is 7.86. The Kier molecular flexibility index (Phi) is 5.56.